The summed E-state index contributed by atoms with van der Waals surface area (Å²) in [6, 6.07) is 14.5. The third kappa shape index (κ3) is 4.23. The number of nitrogens with one attached hydrogen (secondary N) is 1. The Bertz CT molecular complexity index is 1020. The lowest BCUT2D eigenvalue weighted by atomic mass is 10.1. The molecule has 140 valence electrons. The summed E-state index contributed by atoms with van der Waals surface area (Å²) in [6.07, 6.45) is 0. The van der Waals surface area contributed by atoms with Gasteiger partial charge in [0.05, 0.1) is 12.0 Å². The average molecular weight is 365 g/mol. The van der Waals surface area contributed by atoms with E-state index in [-0.39, 0.29) is 23.1 Å². The molecular weight excluding hydrogens is 342 g/mol. The van der Waals surface area contributed by atoms with Crippen LogP contribution < -0.4 is 10.9 Å². The van der Waals surface area contributed by atoms with Gasteiger partial charge in [-0.25, -0.2) is 4.68 Å². The first-order chi connectivity index (χ1) is 13.0. The van der Waals surface area contributed by atoms with Crippen LogP contribution >= 0.6 is 0 Å². The van der Waals surface area contributed by atoms with E-state index >= 15 is 0 Å². The van der Waals surface area contributed by atoms with Gasteiger partial charge < -0.3 is 10.1 Å². The molecule has 0 bridgehead atoms. The van der Waals surface area contributed by atoms with Crippen molar-refractivity contribution >= 4 is 22.4 Å². The topological polar surface area (TPSA) is 73.2 Å². The first-order valence-corrected chi connectivity index (χ1v) is 8.88. The molecule has 1 heterocycles. The molecule has 1 amide bonds. The highest BCUT2D eigenvalue weighted by molar-refractivity contribution is 6.11. The molecule has 0 atom stereocenters. The van der Waals surface area contributed by atoms with Crippen LogP contribution in [0.15, 0.2) is 53.3 Å². The van der Waals surface area contributed by atoms with Gasteiger partial charge in [-0.1, -0.05) is 44.2 Å². The largest absolute Gasteiger partial charge is 0.380 e. The minimum absolute atomic E-state index is 0.182. The van der Waals surface area contributed by atoms with Crippen LogP contribution in [0.2, 0.25) is 0 Å². The van der Waals surface area contributed by atoms with Gasteiger partial charge in [0.1, 0.15) is 0 Å². The van der Waals surface area contributed by atoms with Crippen LogP contribution in [0.4, 0.5) is 5.69 Å². The second kappa shape index (κ2) is 8.14. The maximum atomic E-state index is 12.9. The summed E-state index contributed by atoms with van der Waals surface area (Å²) < 4.78 is 6.51. The van der Waals surface area contributed by atoms with Gasteiger partial charge >= 0.3 is 0 Å². The van der Waals surface area contributed by atoms with E-state index in [1.165, 1.54) is 4.68 Å². The molecule has 1 aromatic heterocycles. The second-order valence-corrected chi connectivity index (χ2v) is 6.86. The fourth-order valence-electron chi connectivity index (χ4n) is 2.97. The van der Waals surface area contributed by atoms with Crippen molar-refractivity contribution in [1.82, 2.24) is 9.78 Å². The third-order valence-electron chi connectivity index (χ3n) is 4.12. The van der Waals surface area contributed by atoms with Gasteiger partial charge in [0.25, 0.3) is 11.5 Å². The van der Waals surface area contributed by atoms with Gasteiger partial charge in [0, 0.05) is 24.7 Å². The molecule has 0 aliphatic heterocycles. The van der Waals surface area contributed by atoms with E-state index in [4.69, 9.17) is 4.74 Å². The van der Waals surface area contributed by atoms with Crippen LogP contribution in [0.25, 0.3) is 10.8 Å². The molecule has 0 fully saturated rings. The summed E-state index contributed by atoms with van der Waals surface area (Å²) in [5, 5.41) is 8.28. The van der Waals surface area contributed by atoms with Crippen molar-refractivity contribution < 1.29 is 9.53 Å². The van der Waals surface area contributed by atoms with Crippen molar-refractivity contribution in [2.45, 2.75) is 27.0 Å². The predicted molar refractivity (Wildman–Crippen MR) is 106 cm³/mol. The van der Waals surface area contributed by atoms with Gasteiger partial charge in [-0.2, -0.15) is 5.10 Å². The molecule has 6 nitrogen and oxygen atoms in total. The molecule has 0 saturated carbocycles. The number of anilines is 1. The van der Waals surface area contributed by atoms with Crippen molar-refractivity contribution in [2.75, 3.05) is 12.4 Å². The van der Waals surface area contributed by atoms with Gasteiger partial charge in [-0.3, -0.25) is 9.59 Å². The van der Waals surface area contributed by atoms with E-state index in [9.17, 15) is 9.59 Å². The minimum atomic E-state index is -0.349. The minimum Gasteiger partial charge on any atom is -0.380 e. The standard InChI is InChI=1S/C21H23N3O3/c1-14(2)12-24-21(26)18-10-5-4-9-17(18)19(23-24)20(25)22-16-8-6-7-15(11-16)13-27-3/h4-11,14H,12-13H2,1-3H3,(H,22,25). The molecule has 0 saturated heterocycles. The Morgan fingerprint density at radius 1 is 1.15 bits per heavy atom. The third-order valence-corrected chi connectivity index (χ3v) is 4.12. The number of nitrogens with zero attached hydrogens (tertiary/aromatic N) is 2. The number of carbonyl (C=O) groups excluding carboxylic acids is 1. The van der Waals surface area contributed by atoms with Crippen LogP contribution in [-0.2, 0) is 17.9 Å². The molecular formula is C21H23N3O3. The van der Waals surface area contributed by atoms with Gasteiger partial charge in [0.2, 0.25) is 0 Å². The van der Waals surface area contributed by atoms with E-state index in [1.807, 2.05) is 38.1 Å². The van der Waals surface area contributed by atoms with Crippen LogP contribution in [0.1, 0.15) is 29.9 Å². The molecule has 1 N–H and O–H groups in total. The number of hydrogen-bond donors (Lipinski definition) is 1. The number of hydrogen-bond acceptors (Lipinski definition) is 4. The monoisotopic (exact) mass is 365 g/mol. The Morgan fingerprint density at radius 3 is 2.59 bits per heavy atom. The lowest BCUT2D eigenvalue weighted by molar-refractivity contribution is 0.102. The number of ether oxygens (including phenoxy) is 1. The predicted octanol–water partition coefficient (Wildman–Crippen LogP) is 3.45. The summed E-state index contributed by atoms with van der Waals surface area (Å²) in [5.74, 6) is -0.115. The van der Waals surface area contributed by atoms with E-state index in [2.05, 4.69) is 10.4 Å². The smallest absolute Gasteiger partial charge is 0.276 e. The zero-order valence-electron chi connectivity index (χ0n) is 15.7. The van der Waals surface area contributed by atoms with Crippen molar-refractivity contribution in [3.63, 3.8) is 0 Å². The molecule has 0 radical (unpaired) electrons. The highest BCUT2D eigenvalue weighted by atomic mass is 16.5. The Hall–Kier alpha value is -2.99. The fourth-order valence-corrected chi connectivity index (χ4v) is 2.97. The van der Waals surface area contributed by atoms with Crippen molar-refractivity contribution in [3.8, 4) is 0 Å². The zero-order valence-corrected chi connectivity index (χ0v) is 15.7. The molecule has 0 unspecified atom stereocenters. The first-order valence-electron chi connectivity index (χ1n) is 8.88. The lowest BCUT2D eigenvalue weighted by Gasteiger charge is -2.13. The number of carbonyl (C=O) groups is 1. The van der Waals surface area contributed by atoms with E-state index in [1.54, 1.807) is 31.4 Å². The zero-order chi connectivity index (χ0) is 19.4. The highest BCUT2D eigenvalue weighted by Crippen LogP contribution is 2.17. The number of benzene rings is 2. The van der Waals surface area contributed by atoms with Crippen molar-refractivity contribution in [1.29, 1.82) is 0 Å². The molecule has 27 heavy (non-hydrogen) atoms. The van der Waals surface area contributed by atoms with Crippen molar-refractivity contribution in [2.24, 2.45) is 5.92 Å². The van der Waals surface area contributed by atoms with Crippen LogP contribution in [-0.4, -0.2) is 22.8 Å². The fraction of sp³-hybridized carbons (Fsp3) is 0.286. The quantitative estimate of drug-likeness (QED) is 0.726. The van der Waals surface area contributed by atoms with Crippen LogP contribution in [0, 0.1) is 5.92 Å². The number of rotatable bonds is 6. The molecule has 0 aliphatic carbocycles. The number of aromatic nitrogens is 2. The Morgan fingerprint density at radius 2 is 1.89 bits per heavy atom. The molecule has 0 aliphatic rings. The second-order valence-electron chi connectivity index (χ2n) is 6.86. The molecule has 2 aromatic carbocycles. The molecule has 3 aromatic rings. The van der Waals surface area contributed by atoms with E-state index in [0.717, 1.165) is 5.56 Å². The maximum Gasteiger partial charge on any atom is 0.276 e. The maximum absolute atomic E-state index is 12.9. The summed E-state index contributed by atoms with van der Waals surface area (Å²) >= 11 is 0. The Labute approximate surface area is 157 Å². The van der Waals surface area contributed by atoms with Crippen LogP contribution in [0.3, 0.4) is 0 Å². The van der Waals surface area contributed by atoms with E-state index in [0.29, 0.717) is 29.6 Å². The first kappa shape index (κ1) is 18.8. The summed E-state index contributed by atoms with van der Waals surface area (Å²) in [7, 11) is 1.62. The summed E-state index contributed by atoms with van der Waals surface area (Å²) in [6.45, 7) is 4.92. The van der Waals surface area contributed by atoms with Crippen LogP contribution in [0.5, 0.6) is 0 Å². The Balaban J connectivity index is 2.02. The lowest BCUT2D eigenvalue weighted by Crippen LogP contribution is -2.29. The summed E-state index contributed by atoms with van der Waals surface area (Å²) in [4.78, 5) is 25.6. The van der Waals surface area contributed by atoms with Gasteiger partial charge in [-0.05, 0) is 29.7 Å². The number of amides is 1. The Kier molecular flexibility index (Phi) is 5.66. The SMILES string of the molecule is COCc1cccc(NC(=O)c2nn(CC(C)C)c(=O)c3ccccc23)c1. The van der Waals surface area contributed by atoms with Gasteiger partial charge in [0.15, 0.2) is 5.69 Å². The normalized spacial score (nSPS) is 11.1. The molecule has 6 heteroatoms. The molecule has 0 spiro atoms. The number of methoxy groups -OCH3 is 1. The average Bonchev–Trinajstić information content (AvgIpc) is 2.64. The van der Waals surface area contributed by atoms with Gasteiger partial charge in [-0.15, -0.1) is 0 Å². The number of fused-ring (bicyclic) bond motifs is 1. The van der Waals surface area contributed by atoms with E-state index < -0.39 is 0 Å². The summed E-state index contributed by atoms with van der Waals surface area (Å²) in [5.41, 5.74) is 1.67. The highest BCUT2D eigenvalue weighted by Gasteiger charge is 2.17. The van der Waals surface area contributed by atoms with Crippen molar-refractivity contribution in [3.05, 3.63) is 70.1 Å². The molecule has 3 rings (SSSR count).